The number of hydrogen-bond acceptors (Lipinski definition) is 3. The van der Waals surface area contributed by atoms with Crippen LogP contribution in [0.4, 0.5) is 0 Å². The van der Waals surface area contributed by atoms with Gasteiger partial charge in [-0.25, -0.2) is 0 Å². The summed E-state index contributed by atoms with van der Waals surface area (Å²) in [5, 5.41) is 0. The van der Waals surface area contributed by atoms with Gasteiger partial charge in [-0.1, -0.05) is 24.3 Å². The van der Waals surface area contributed by atoms with Crippen molar-refractivity contribution < 1.29 is 4.79 Å². The Morgan fingerprint density at radius 1 is 1.35 bits per heavy atom. The lowest BCUT2D eigenvalue weighted by Gasteiger charge is -2.16. The Bertz CT molecular complexity index is 458. The van der Waals surface area contributed by atoms with Crippen molar-refractivity contribution in [2.45, 2.75) is 12.3 Å². The number of aromatic nitrogens is 1. The Morgan fingerprint density at radius 2 is 2.05 bits per heavy atom. The fourth-order valence-corrected chi connectivity index (χ4v) is 1.84. The monoisotopic (exact) mass is 271 g/mol. The van der Waals surface area contributed by atoms with Gasteiger partial charge >= 0.3 is 0 Å². The maximum Gasteiger partial charge on any atom is 0.226 e. The van der Waals surface area contributed by atoms with Crippen LogP contribution in [0.5, 0.6) is 0 Å². The quantitative estimate of drug-likeness (QED) is 0.701. The van der Waals surface area contributed by atoms with Crippen molar-refractivity contribution in [2.75, 3.05) is 13.1 Å². The first-order valence-corrected chi connectivity index (χ1v) is 6.51. The van der Waals surface area contributed by atoms with Gasteiger partial charge in [-0.2, -0.15) is 0 Å². The number of nitrogens with two attached hydrogens (primary N) is 1. The van der Waals surface area contributed by atoms with E-state index in [1.165, 1.54) is 0 Å². The van der Waals surface area contributed by atoms with E-state index in [2.05, 4.69) is 18.1 Å². The van der Waals surface area contributed by atoms with Crippen molar-refractivity contribution in [3.8, 4) is 0 Å². The Hall–Kier alpha value is -2.36. The molecule has 1 aromatic heterocycles. The van der Waals surface area contributed by atoms with Crippen LogP contribution in [0, 0.1) is 0 Å². The third-order valence-corrected chi connectivity index (χ3v) is 2.80. The molecule has 1 aromatic rings. The lowest BCUT2D eigenvalue weighted by Crippen LogP contribution is -2.22. The molecule has 1 amide bonds. The van der Waals surface area contributed by atoms with Gasteiger partial charge in [0.1, 0.15) is 0 Å². The van der Waals surface area contributed by atoms with Crippen LogP contribution in [0.1, 0.15) is 18.0 Å². The van der Waals surface area contributed by atoms with E-state index in [-0.39, 0.29) is 5.91 Å². The zero-order chi connectivity index (χ0) is 14.8. The number of carbonyl (C=O) groups is 1. The number of amides is 1. The minimum Gasteiger partial charge on any atom is -0.370 e. The van der Waals surface area contributed by atoms with Crippen molar-refractivity contribution in [3.05, 3.63) is 67.7 Å². The highest BCUT2D eigenvalue weighted by molar-refractivity contribution is 5.81. The Balaban J connectivity index is 2.69. The lowest BCUT2D eigenvalue weighted by molar-refractivity contribution is -0.119. The van der Waals surface area contributed by atoms with Gasteiger partial charge in [0.05, 0.1) is 11.6 Å². The van der Waals surface area contributed by atoms with E-state index in [0.29, 0.717) is 12.1 Å². The van der Waals surface area contributed by atoms with Crippen molar-refractivity contribution in [1.82, 2.24) is 9.88 Å². The molecule has 1 heterocycles. The molecule has 0 spiro atoms. The summed E-state index contributed by atoms with van der Waals surface area (Å²) in [6.07, 6.45) is 9.68. The molecule has 0 radical (unpaired) electrons. The predicted octanol–water partition coefficient (Wildman–Crippen LogP) is 2.23. The predicted molar refractivity (Wildman–Crippen MR) is 81.9 cm³/mol. The van der Waals surface area contributed by atoms with Gasteiger partial charge in [-0.05, 0) is 24.8 Å². The first-order valence-electron chi connectivity index (χ1n) is 6.51. The van der Waals surface area contributed by atoms with Crippen molar-refractivity contribution in [2.24, 2.45) is 5.73 Å². The van der Waals surface area contributed by atoms with Crippen LogP contribution < -0.4 is 5.73 Å². The lowest BCUT2D eigenvalue weighted by atomic mass is 10.00. The maximum absolute atomic E-state index is 11.5. The molecule has 0 aliphatic heterocycles. The van der Waals surface area contributed by atoms with Gasteiger partial charge in [0, 0.05) is 19.3 Å². The van der Waals surface area contributed by atoms with E-state index in [1.807, 2.05) is 47.5 Å². The van der Waals surface area contributed by atoms with Crippen LogP contribution in [0.3, 0.4) is 0 Å². The van der Waals surface area contributed by atoms with E-state index >= 15 is 0 Å². The molecule has 1 unspecified atom stereocenters. The molecule has 4 nitrogen and oxygen atoms in total. The Morgan fingerprint density at radius 3 is 2.55 bits per heavy atom. The number of rotatable bonds is 9. The number of allylic oxidation sites excluding steroid dienone is 1. The highest BCUT2D eigenvalue weighted by Gasteiger charge is 2.17. The smallest absolute Gasteiger partial charge is 0.226 e. The summed E-state index contributed by atoms with van der Waals surface area (Å²) in [7, 11) is 0. The van der Waals surface area contributed by atoms with Crippen LogP contribution >= 0.6 is 0 Å². The fourth-order valence-electron chi connectivity index (χ4n) is 1.84. The number of carbonyl (C=O) groups excluding carboxylic acids is 1. The summed E-state index contributed by atoms with van der Waals surface area (Å²) >= 11 is 0. The molecule has 2 N–H and O–H groups in total. The summed E-state index contributed by atoms with van der Waals surface area (Å²) in [6, 6.07) is 5.48. The van der Waals surface area contributed by atoms with Gasteiger partial charge in [0.15, 0.2) is 0 Å². The van der Waals surface area contributed by atoms with Crippen LogP contribution in [0.25, 0.3) is 0 Å². The van der Waals surface area contributed by atoms with Gasteiger partial charge in [0.25, 0.3) is 0 Å². The first-order chi connectivity index (χ1) is 9.69. The van der Waals surface area contributed by atoms with E-state index < -0.39 is 5.92 Å². The summed E-state index contributed by atoms with van der Waals surface area (Å²) < 4.78 is 0. The minimum absolute atomic E-state index is 0.368. The molecule has 0 aliphatic carbocycles. The largest absolute Gasteiger partial charge is 0.370 e. The Labute approximate surface area is 120 Å². The molecule has 20 heavy (non-hydrogen) atoms. The molecular weight excluding hydrogens is 250 g/mol. The average Bonchev–Trinajstić information content (AvgIpc) is 2.44. The second-order valence-electron chi connectivity index (χ2n) is 4.36. The van der Waals surface area contributed by atoms with Crippen molar-refractivity contribution >= 4 is 5.91 Å². The summed E-state index contributed by atoms with van der Waals surface area (Å²) in [5.41, 5.74) is 6.14. The van der Waals surface area contributed by atoms with E-state index in [0.717, 1.165) is 13.1 Å². The molecule has 0 bridgehead atoms. The molecule has 4 heteroatoms. The van der Waals surface area contributed by atoms with Crippen molar-refractivity contribution in [1.29, 1.82) is 0 Å². The topological polar surface area (TPSA) is 59.2 Å². The van der Waals surface area contributed by atoms with Crippen molar-refractivity contribution in [3.63, 3.8) is 0 Å². The summed E-state index contributed by atoms with van der Waals surface area (Å²) in [4.78, 5) is 17.8. The maximum atomic E-state index is 11.5. The zero-order valence-corrected chi connectivity index (χ0v) is 11.6. The summed E-state index contributed by atoms with van der Waals surface area (Å²) in [6.45, 7) is 8.87. The highest BCUT2D eigenvalue weighted by Crippen LogP contribution is 2.17. The molecule has 0 aliphatic rings. The van der Waals surface area contributed by atoms with E-state index in [1.54, 1.807) is 6.20 Å². The SMILES string of the molecule is C=CCN(C=CCC(C(N)=O)c1ccccn1)CC=C. The normalized spacial score (nSPS) is 12.0. The number of primary amides is 1. The van der Waals surface area contributed by atoms with Crippen LogP contribution in [0.2, 0.25) is 0 Å². The highest BCUT2D eigenvalue weighted by atomic mass is 16.1. The summed E-state index contributed by atoms with van der Waals surface area (Å²) in [5.74, 6) is -0.769. The standard InChI is InChI=1S/C16H21N3O/c1-3-11-19(12-4-2)13-7-8-14(16(17)20)15-9-5-6-10-18-15/h3-7,9-10,13-14H,1-2,8,11-12H2,(H2,17,20). The Kier molecular flexibility index (Phi) is 6.82. The zero-order valence-electron chi connectivity index (χ0n) is 11.6. The van der Waals surface area contributed by atoms with E-state index in [4.69, 9.17) is 5.73 Å². The molecule has 0 fully saturated rings. The number of hydrogen-bond donors (Lipinski definition) is 1. The average molecular weight is 271 g/mol. The third kappa shape index (κ3) is 5.10. The second kappa shape index (κ2) is 8.69. The molecule has 0 saturated carbocycles. The van der Waals surface area contributed by atoms with Gasteiger partial charge in [-0.15, -0.1) is 13.2 Å². The first kappa shape index (κ1) is 15.7. The molecule has 106 valence electrons. The molecule has 1 atom stereocenters. The van der Waals surface area contributed by atoms with Gasteiger partial charge in [-0.3, -0.25) is 9.78 Å². The van der Waals surface area contributed by atoms with E-state index in [9.17, 15) is 4.79 Å². The minimum atomic E-state index is -0.401. The van der Waals surface area contributed by atoms with Crippen LogP contribution in [-0.2, 0) is 4.79 Å². The second-order valence-corrected chi connectivity index (χ2v) is 4.36. The van der Waals surface area contributed by atoms with Crippen LogP contribution in [0.15, 0.2) is 62.0 Å². The number of pyridine rings is 1. The third-order valence-electron chi connectivity index (χ3n) is 2.80. The molecule has 0 saturated heterocycles. The molecular formula is C16H21N3O. The van der Waals surface area contributed by atoms with Gasteiger partial charge < -0.3 is 10.6 Å². The molecule has 1 rings (SSSR count). The van der Waals surface area contributed by atoms with Crippen LogP contribution in [-0.4, -0.2) is 28.9 Å². The molecule has 0 aromatic carbocycles. The van der Waals surface area contributed by atoms with Gasteiger partial charge in [0.2, 0.25) is 5.91 Å². The number of nitrogens with zero attached hydrogens (tertiary/aromatic N) is 2. The fraction of sp³-hybridized carbons (Fsp3) is 0.250.